The number of aromatic amines is 1. The molecule has 2 aromatic heterocycles. The minimum absolute atomic E-state index is 0.223. The van der Waals surface area contributed by atoms with Crippen LogP contribution in [-0.4, -0.2) is 16.3 Å². The van der Waals surface area contributed by atoms with Crippen molar-refractivity contribution in [1.29, 1.82) is 0 Å². The maximum absolute atomic E-state index is 12.3. The molecule has 4 aromatic rings. The summed E-state index contributed by atoms with van der Waals surface area (Å²) in [6.07, 6.45) is -4.74. The van der Waals surface area contributed by atoms with Gasteiger partial charge in [-0.1, -0.05) is 18.2 Å². The third-order valence-electron chi connectivity index (χ3n) is 3.35. The van der Waals surface area contributed by atoms with Crippen LogP contribution in [0, 0.1) is 0 Å². The van der Waals surface area contributed by atoms with Gasteiger partial charge < -0.3 is 14.1 Å². The number of aromatic nitrogens is 2. The number of alkyl halides is 3. The molecule has 7 heteroatoms. The van der Waals surface area contributed by atoms with Gasteiger partial charge in [0.1, 0.15) is 17.0 Å². The lowest BCUT2D eigenvalue weighted by Gasteiger charge is -2.07. The van der Waals surface area contributed by atoms with Crippen LogP contribution in [0.2, 0.25) is 0 Å². The Kier molecular flexibility index (Phi) is 2.84. The van der Waals surface area contributed by atoms with Gasteiger partial charge >= 0.3 is 6.36 Å². The van der Waals surface area contributed by atoms with E-state index in [-0.39, 0.29) is 11.3 Å². The molecule has 0 aliphatic heterocycles. The van der Waals surface area contributed by atoms with Gasteiger partial charge in [-0.2, -0.15) is 0 Å². The number of ether oxygens (including phenoxy) is 1. The molecule has 2 heterocycles. The summed E-state index contributed by atoms with van der Waals surface area (Å²) in [5.74, 6) is -0.0373. The lowest BCUT2D eigenvalue weighted by molar-refractivity contribution is -0.274. The van der Waals surface area contributed by atoms with Crippen LogP contribution in [0.4, 0.5) is 13.2 Å². The molecular formula is C16H9F3N2O2. The fourth-order valence-electron chi connectivity index (χ4n) is 2.41. The van der Waals surface area contributed by atoms with Crippen molar-refractivity contribution >= 4 is 22.0 Å². The van der Waals surface area contributed by atoms with Crippen LogP contribution >= 0.6 is 0 Å². The second kappa shape index (κ2) is 4.77. The predicted octanol–water partition coefficient (Wildman–Crippen LogP) is 4.87. The molecule has 0 radical (unpaired) electrons. The topological polar surface area (TPSA) is 51.0 Å². The molecule has 4 nitrogen and oxygen atoms in total. The number of hydrogen-bond acceptors (Lipinski definition) is 3. The lowest BCUT2D eigenvalue weighted by atomic mass is 10.2. The number of halogens is 3. The van der Waals surface area contributed by atoms with E-state index in [2.05, 4.69) is 14.7 Å². The Bertz CT molecular complexity index is 968. The Labute approximate surface area is 127 Å². The highest BCUT2D eigenvalue weighted by Gasteiger charge is 2.31. The zero-order valence-corrected chi connectivity index (χ0v) is 11.5. The Hall–Kier alpha value is -2.96. The number of nitrogens with one attached hydrogen (secondary N) is 1. The van der Waals surface area contributed by atoms with Crippen molar-refractivity contribution in [3.63, 3.8) is 0 Å². The van der Waals surface area contributed by atoms with Crippen molar-refractivity contribution in [3.8, 4) is 17.3 Å². The van der Waals surface area contributed by atoms with Crippen molar-refractivity contribution in [2.75, 3.05) is 0 Å². The number of benzene rings is 2. The van der Waals surface area contributed by atoms with E-state index in [4.69, 9.17) is 4.42 Å². The van der Waals surface area contributed by atoms with E-state index in [0.29, 0.717) is 17.1 Å². The highest BCUT2D eigenvalue weighted by molar-refractivity contribution is 5.85. The quantitative estimate of drug-likeness (QED) is 0.573. The molecule has 0 saturated carbocycles. The van der Waals surface area contributed by atoms with E-state index in [0.717, 1.165) is 10.9 Å². The average Bonchev–Trinajstić information content (AvgIpc) is 3.08. The highest BCUT2D eigenvalue weighted by atomic mass is 19.4. The van der Waals surface area contributed by atoms with Gasteiger partial charge in [0.05, 0.1) is 0 Å². The predicted molar refractivity (Wildman–Crippen MR) is 78.0 cm³/mol. The van der Waals surface area contributed by atoms with Gasteiger partial charge in [0.2, 0.25) is 5.89 Å². The first-order valence-electron chi connectivity index (χ1n) is 6.72. The summed E-state index contributed by atoms with van der Waals surface area (Å²) < 4.78 is 46.2. The molecule has 0 aliphatic rings. The number of rotatable bonds is 2. The molecule has 0 unspecified atom stereocenters. The van der Waals surface area contributed by atoms with Crippen LogP contribution < -0.4 is 4.74 Å². The van der Waals surface area contributed by atoms with Crippen LogP contribution in [0.15, 0.2) is 52.9 Å². The molecule has 0 fully saturated rings. The average molecular weight is 318 g/mol. The van der Waals surface area contributed by atoms with Crippen molar-refractivity contribution in [2.24, 2.45) is 0 Å². The van der Waals surface area contributed by atoms with Crippen LogP contribution in [0.1, 0.15) is 0 Å². The van der Waals surface area contributed by atoms with Crippen molar-refractivity contribution in [2.45, 2.75) is 6.36 Å². The number of nitrogens with zero attached hydrogens (tertiary/aromatic N) is 1. The first-order valence-corrected chi connectivity index (χ1v) is 6.72. The van der Waals surface area contributed by atoms with E-state index >= 15 is 0 Å². The number of fused-ring (bicyclic) bond motifs is 2. The van der Waals surface area contributed by atoms with Crippen molar-refractivity contribution in [3.05, 3.63) is 48.5 Å². The van der Waals surface area contributed by atoms with E-state index < -0.39 is 6.36 Å². The zero-order valence-electron chi connectivity index (χ0n) is 11.5. The van der Waals surface area contributed by atoms with Gasteiger partial charge in [-0.3, -0.25) is 0 Å². The Morgan fingerprint density at radius 3 is 2.65 bits per heavy atom. The minimum Gasteiger partial charge on any atom is -0.435 e. The summed E-state index contributed by atoms with van der Waals surface area (Å²) in [5, 5.41) is 0.992. The largest absolute Gasteiger partial charge is 0.573 e. The van der Waals surface area contributed by atoms with Crippen LogP contribution in [0.25, 0.3) is 33.6 Å². The first-order chi connectivity index (χ1) is 11.0. The molecule has 0 spiro atoms. The Morgan fingerprint density at radius 1 is 1.04 bits per heavy atom. The molecule has 0 amide bonds. The number of oxazole rings is 1. The maximum Gasteiger partial charge on any atom is 0.573 e. The third-order valence-corrected chi connectivity index (χ3v) is 3.35. The number of hydrogen-bond donors (Lipinski definition) is 1. The second-order valence-corrected chi connectivity index (χ2v) is 4.97. The van der Waals surface area contributed by atoms with E-state index in [1.54, 1.807) is 0 Å². The highest BCUT2D eigenvalue weighted by Crippen LogP contribution is 2.30. The molecular weight excluding hydrogens is 309 g/mol. The maximum atomic E-state index is 12.3. The van der Waals surface area contributed by atoms with Crippen LogP contribution in [-0.2, 0) is 0 Å². The zero-order chi connectivity index (χ0) is 16.0. The molecule has 2 aromatic carbocycles. The van der Waals surface area contributed by atoms with Crippen molar-refractivity contribution < 1.29 is 22.3 Å². The summed E-state index contributed by atoms with van der Waals surface area (Å²) in [5.41, 5.74) is 2.25. The normalized spacial score (nSPS) is 12.1. The Balaban J connectivity index is 1.76. The summed E-state index contributed by atoms with van der Waals surface area (Å²) in [6, 6.07) is 13.3. The number of H-pyrrole nitrogens is 1. The molecule has 116 valence electrons. The van der Waals surface area contributed by atoms with Gasteiger partial charge in [0.15, 0.2) is 5.58 Å². The SMILES string of the molecule is FC(F)(F)Oc1ccc2nc(-c3cc4ccccc4[nH]3)oc2c1. The molecule has 23 heavy (non-hydrogen) atoms. The third kappa shape index (κ3) is 2.61. The minimum atomic E-state index is -4.74. The van der Waals surface area contributed by atoms with Crippen LogP contribution in [0.3, 0.4) is 0 Å². The molecule has 0 aliphatic carbocycles. The molecule has 0 saturated heterocycles. The van der Waals surface area contributed by atoms with E-state index in [1.807, 2.05) is 30.3 Å². The summed E-state index contributed by atoms with van der Waals surface area (Å²) in [7, 11) is 0. The second-order valence-electron chi connectivity index (χ2n) is 4.97. The number of para-hydroxylation sites is 1. The monoisotopic (exact) mass is 318 g/mol. The van der Waals surface area contributed by atoms with Gasteiger partial charge in [0.25, 0.3) is 0 Å². The fraction of sp³-hybridized carbons (Fsp3) is 0.0625. The fourth-order valence-corrected chi connectivity index (χ4v) is 2.41. The summed E-state index contributed by atoms with van der Waals surface area (Å²) in [6.45, 7) is 0. The van der Waals surface area contributed by atoms with Crippen LogP contribution in [0.5, 0.6) is 5.75 Å². The lowest BCUT2D eigenvalue weighted by Crippen LogP contribution is -2.16. The van der Waals surface area contributed by atoms with Gasteiger partial charge in [-0.05, 0) is 24.3 Å². The molecule has 0 atom stereocenters. The molecule has 0 bridgehead atoms. The van der Waals surface area contributed by atoms with Gasteiger partial charge in [-0.25, -0.2) is 4.98 Å². The van der Waals surface area contributed by atoms with E-state index in [9.17, 15) is 13.2 Å². The van der Waals surface area contributed by atoms with Crippen molar-refractivity contribution in [1.82, 2.24) is 9.97 Å². The summed E-state index contributed by atoms with van der Waals surface area (Å²) in [4.78, 5) is 7.44. The standard InChI is InChI=1S/C16H9F3N2O2/c17-16(18,19)23-10-5-6-12-14(8-10)22-15(21-12)13-7-9-3-1-2-4-11(9)20-13/h1-8,20H. The Morgan fingerprint density at radius 2 is 1.87 bits per heavy atom. The summed E-state index contributed by atoms with van der Waals surface area (Å²) >= 11 is 0. The van der Waals surface area contributed by atoms with E-state index in [1.165, 1.54) is 18.2 Å². The molecule has 4 rings (SSSR count). The van der Waals surface area contributed by atoms with Gasteiger partial charge in [-0.15, -0.1) is 13.2 Å². The molecule has 1 N–H and O–H groups in total. The smallest absolute Gasteiger partial charge is 0.435 e. The van der Waals surface area contributed by atoms with Gasteiger partial charge in [0, 0.05) is 17.0 Å². The first kappa shape index (κ1) is 13.7.